The minimum Gasteiger partial charge on any atom is -0.465 e. The van der Waals surface area contributed by atoms with Crippen LogP contribution in [0.1, 0.15) is 100 Å². The Kier molecular flexibility index (Phi) is 5.90. The Balaban J connectivity index is 1.90. The summed E-state index contributed by atoms with van der Waals surface area (Å²) < 4.78 is 5.66. The zero-order valence-electron chi connectivity index (χ0n) is 22.6. The van der Waals surface area contributed by atoms with Gasteiger partial charge in [0, 0.05) is 10.8 Å². The van der Waals surface area contributed by atoms with E-state index in [0.29, 0.717) is 6.42 Å². The first kappa shape index (κ1) is 25.4. The third-order valence-electron chi connectivity index (χ3n) is 11.2. The number of rotatable bonds is 7. The summed E-state index contributed by atoms with van der Waals surface area (Å²) in [5, 5.41) is 0. The highest BCUT2D eigenvalue weighted by atomic mass is 16.5. The minimum absolute atomic E-state index is 0.133. The molecule has 4 saturated carbocycles. The fourth-order valence-corrected chi connectivity index (χ4v) is 7.88. The van der Waals surface area contributed by atoms with Crippen LogP contribution < -0.4 is 0 Å². The average molecular weight is 469 g/mol. The molecule has 0 aliphatic heterocycles. The molecule has 4 heteroatoms. The van der Waals surface area contributed by atoms with E-state index in [4.69, 9.17) is 4.74 Å². The van der Waals surface area contributed by atoms with Crippen LogP contribution in [0.15, 0.2) is 23.3 Å². The second-order valence-electron chi connectivity index (χ2n) is 13.0. The average Bonchev–Trinajstić information content (AvgIpc) is 3.25. The van der Waals surface area contributed by atoms with Crippen LogP contribution in [0.25, 0.3) is 0 Å². The van der Waals surface area contributed by atoms with Gasteiger partial charge in [0.1, 0.15) is 5.41 Å². The van der Waals surface area contributed by atoms with E-state index in [0.717, 1.165) is 49.7 Å². The Labute approximate surface area is 206 Å². The summed E-state index contributed by atoms with van der Waals surface area (Å²) in [7, 11) is 0. The second kappa shape index (κ2) is 7.90. The Morgan fingerprint density at radius 1 is 0.882 bits per heavy atom. The van der Waals surface area contributed by atoms with E-state index < -0.39 is 5.41 Å². The standard InChI is InChI=1S/C30H44O4/c1-9-11-14-30(25(33)34-10-2,17-19-21-12-15-28(7,23(19)31)26(21,3)4)18-20-22-13-16-29(8,24(20)32)27(22,5)6/h17-18,21-22H,9-16H2,1-8H3/b19-17-,20-18-/t21-,22+,28-,29+,30?. The van der Waals surface area contributed by atoms with Gasteiger partial charge in [-0.2, -0.15) is 0 Å². The number of hydrogen-bond acceptors (Lipinski definition) is 4. The number of carbonyl (C=O) groups excluding carboxylic acids is 3. The van der Waals surface area contributed by atoms with Crippen LogP contribution in [0.4, 0.5) is 0 Å². The molecule has 0 N–H and O–H groups in total. The van der Waals surface area contributed by atoms with Crippen LogP contribution in [-0.4, -0.2) is 24.1 Å². The molecular formula is C30H44O4. The third-order valence-corrected chi connectivity index (χ3v) is 11.2. The highest BCUT2D eigenvalue weighted by Crippen LogP contribution is 2.67. The van der Waals surface area contributed by atoms with E-state index in [2.05, 4.69) is 48.5 Å². The van der Waals surface area contributed by atoms with E-state index in [1.165, 1.54) is 0 Å². The van der Waals surface area contributed by atoms with Gasteiger partial charge in [0.2, 0.25) is 0 Å². The van der Waals surface area contributed by atoms with Crippen LogP contribution in [0.3, 0.4) is 0 Å². The number of hydrogen-bond donors (Lipinski definition) is 0. The van der Waals surface area contributed by atoms with Gasteiger partial charge >= 0.3 is 5.97 Å². The molecule has 34 heavy (non-hydrogen) atoms. The lowest BCUT2D eigenvalue weighted by Crippen LogP contribution is -2.34. The summed E-state index contributed by atoms with van der Waals surface area (Å²) in [6, 6.07) is 0. The number of ketones is 2. The van der Waals surface area contributed by atoms with Crippen molar-refractivity contribution in [3.8, 4) is 0 Å². The number of fused-ring (bicyclic) bond motifs is 4. The Morgan fingerprint density at radius 2 is 1.32 bits per heavy atom. The lowest BCUT2D eigenvalue weighted by atomic mass is 9.70. The lowest BCUT2D eigenvalue weighted by Gasteiger charge is -2.31. The molecule has 0 spiro atoms. The summed E-state index contributed by atoms with van der Waals surface area (Å²) in [5.74, 6) is 0.334. The molecule has 0 aromatic rings. The number of ether oxygens (including phenoxy) is 1. The fourth-order valence-electron chi connectivity index (χ4n) is 7.88. The molecule has 5 atom stereocenters. The first-order chi connectivity index (χ1) is 15.7. The van der Waals surface area contributed by atoms with Crippen LogP contribution in [-0.2, 0) is 19.1 Å². The quantitative estimate of drug-likeness (QED) is 0.311. The van der Waals surface area contributed by atoms with Gasteiger partial charge in [-0.25, -0.2) is 0 Å². The molecule has 1 unspecified atom stereocenters. The Bertz CT molecular complexity index is 916. The first-order valence-corrected chi connectivity index (χ1v) is 13.5. The highest BCUT2D eigenvalue weighted by Gasteiger charge is 2.66. The predicted molar refractivity (Wildman–Crippen MR) is 134 cm³/mol. The van der Waals surface area contributed by atoms with E-state index in [9.17, 15) is 14.4 Å². The number of allylic oxidation sites excluding steroid dienone is 2. The molecule has 4 aliphatic rings. The lowest BCUT2D eigenvalue weighted by molar-refractivity contribution is -0.150. The van der Waals surface area contributed by atoms with Gasteiger partial charge in [0.05, 0.1) is 6.61 Å². The van der Waals surface area contributed by atoms with Gasteiger partial charge in [-0.1, -0.05) is 73.5 Å². The Hall–Kier alpha value is -1.71. The van der Waals surface area contributed by atoms with E-state index in [1.54, 1.807) is 0 Å². The van der Waals surface area contributed by atoms with Crippen molar-refractivity contribution in [2.24, 2.45) is 38.9 Å². The second-order valence-corrected chi connectivity index (χ2v) is 13.0. The van der Waals surface area contributed by atoms with Gasteiger partial charge in [0.15, 0.2) is 11.6 Å². The van der Waals surface area contributed by atoms with Crippen molar-refractivity contribution >= 4 is 17.5 Å². The van der Waals surface area contributed by atoms with Crippen molar-refractivity contribution in [2.45, 2.75) is 100 Å². The van der Waals surface area contributed by atoms with Gasteiger partial charge in [-0.05, 0) is 72.8 Å². The largest absolute Gasteiger partial charge is 0.465 e. The summed E-state index contributed by atoms with van der Waals surface area (Å²) in [6.07, 6.45) is 9.97. The summed E-state index contributed by atoms with van der Waals surface area (Å²) in [6.45, 7) is 17.2. The highest BCUT2D eigenvalue weighted by molar-refractivity contribution is 6.07. The molecule has 4 nitrogen and oxygen atoms in total. The maximum atomic E-state index is 13.7. The number of carbonyl (C=O) groups is 3. The van der Waals surface area contributed by atoms with Crippen LogP contribution >= 0.6 is 0 Å². The first-order valence-electron chi connectivity index (χ1n) is 13.5. The summed E-state index contributed by atoms with van der Waals surface area (Å²) in [5.41, 5.74) is -0.533. The van der Waals surface area contributed by atoms with Gasteiger partial charge in [-0.3, -0.25) is 14.4 Å². The van der Waals surface area contributed by atoms with Gasteiger partial charge < -0.3 is 4.74 Å². The molecule has 4 rings (SSSR count). The third kappa shape index (κ3) is 3.05. The van der Waals surface area contributed by atoms with Crippen molar-refractivity contribution in [1.29, 1.82) is 0 Å². The van der Waals surface area contributed by atoms with Gasteiger partial charge in [-0.15, -0.1) is 0 Å². The Morgan fingerprint density at radius 3 is 1.65 bits per heavy atom. The summed E-state index contributed by atoms with van der Waals surface area (Å²) in [4.78, 5) is 41.1. The van der Waals surface area contributed by atoms with Crippen molar-refractivity contribution in [1.82, 2.24) is 0 Å². The van der Waals surface area contributed by atoms with E-state index >= 15 is 0 Å². The number of unbranched alkanes of at least 4 members (excludes halogenated alkanes) is 1. The zero-order valence-corrected chi connectivity index (χ0v) is 22.6. The maximum Gasteiger partial charge on any atom is 0.319 e. The normalized spacial score (nSPS) is 39.3. The molecule has 0 amide bonds. The monoisotopic (exact) mass is 468 g/mol. The van der Waals surface area contributed by atoms with Crippen LogP contribution in [0, 0.1) is 38.9 Å². The van der Waals surface area contributed by atoms with Crippen molar-refractivity contribution in [2.75, 3.05) is 6.61 Å². The minimum atomic E-state index is -1.07. The van der Waals surface area contributed by atoms with Crippen LogP contribution in [0.2, 0.25) is 0 Å². The fraction of sp³-hybridized carbons (Fsp3) is 0.767. The molecular weight excluding hydrogens is 424 g/mol. The smallest absolute Gasteiger partial charge is 0.319 e. The predicted octanol–water partition coefficient (Wildman–Crippen LogP) is 6.63. The van der Waals surface area contributed by atoms with E-state index in [-0.39, 0.29) is 57.6 Å². The number of Topliss-reactive ketones (excluding diaryl/α,β-unsaturated/α-hetero) is 2. The van der Waals surface area contributed by atoms with Crippen molar-refractivity contribution < 1.29 is 19.1 Å². The zero-order chi connectivity index (χ0) is 25.3. The molecule has 0 radical (unpaired) electrons. The topological polar surface area (TPSA) is 60.4 Å². The van der Waals surface area contributed by atoms with Crippen LogP contribution in [0.5, 0.6) is 0 Å². The molecule has 4 aliphatic carbocycles. The van der Waals surface area contributed by atoms with E-state index in [1.807, 2.05) is 19.1 Å². The maximum absolute atomic E-state index is 13.7. The molecule has 0 aromatic heterocycles. The number of esters is 1. The molecule has 0 saturated heterocycles. The SMILES string of the molecule is CCCCC(/C=C1\C(=O)[C@@]2(C)CC[C@H]1C2(C)C)(/C=C1\C(=O)[C@]2(C)CC[C@@H]1C2(C)C)C(=O)OCC. The van der Waals surface area contributed by atoms with Crippen molar-refractivity contribution in [3.63, 3.8) is 0 Å². The molecule has 4 fully saturated rings. The molecule has 4 bridgehead atoms. The van der Waals surface area contributed by atoms with Gasteiger partial charge in [0.25, 0.3) is 0 Å². The molecule has 188 valence electrons. The summed E-state index contributed by atoms with van der Waals surface area (Å²) >= 11 is 0. The molecule has 0 heterocycles. The van der Waals surface area contributed by atoms with Crippen molar-refractivity contribution in [3.05, 3.63) is 23.3 Å². The molecule has 0 aromatic carbocycles.